The predicted molar refractivity (Wildman–Crippen MR) is 439 cm³/mol. The molecular formula is C95H170O12. The zero-order chi connectivity index (χ0) is 81.3. The Bertz CT molecular complexity index is 2900. The topological polar surface area (TPSA) is 158 Å². The number of esters is 6. The van der Waals surface area contributed by atoms with Crippen LogP contribution in [0.1, 0.15) is 445 Å². The van der Waals surface area contributed by atoms with E-state index in [4.69, 9.17) is 28.4 Å². The molecule has 0 amide bonds. The van der Waals surface area contributed by atoms with E-state index in [0.717, 1.165) is 108 Å². The summed E-state index contributed by atoms with van der Waals surface area (Å²) >= 11 is 0. The molecule has 12 unspecified atom stereocenters. The molecule has 10 aliphatic rings. The van der Waals surface area contributed by atoms with E-state index in [9.17, 15) is 28.8 Å². The second kappa shape index (κ2) is 36.1. The minimum Gasteiger partial charge on any atom is -0.459 e. The first kappa shape index (κ1) is 94.4. The van der Waals surface area contributed by atoms with Crippen LogP contribution >= 0.6 is 0 Å². The molecule has 0 aliphatic heterocycles. The van der Waals surface area contributed by atoms with Crippen LogP contribution in [0.15, 0.2) is 0 Å². The summed E-state index contributed by atoms with van der Waals surface area (Å²) in [6.45, 7) is 63.0. The van der Waals surface area contributed by atoms with E-state index in [1.807, 2.05) is 96.9 Å². The van der Waals surface area contributed by atoms with Gasteiger partial charge in [0.05, 0.1) is 32.5 Å². The summed E-state index contributed by atoms with van der Waals surface area (Å²) in [5, 5.41) is 0. The molecule has 0 heterocycles. The Morgan fingerprint density at radius 2 is 0.748 bits per heavy atom. The Morgan fingerprint density at radius 3 is 1.15 bits per heavy atom. The van der Waals surface area contributed by atoms with Gasteiger partial charge in [0.2, 0.25) is 0 Å². The zero-order valence-corrected chi connectivity index (χ0v) is 75.5. The van der Waals surface area contributed by atoms with Gasteiger partial charge >= 0.3 is 35.8 Å². The van der Waals surface area contributed by atoms with Gasteiger partial charge in [0, 0.05) is 22.2 Å². The third kappa shape index (κ3) is 21.1. The average molecular weight is 1500 g/mol. The number of rotatable bonds is 20. The Hall–Kier alpha value is -3.18. The van der Waals surface area contributed by atoms with Gasteiger partial charge in [-0.05, 0) is 338 Å². The van der Waals surface area contributed by atoms with Crippen molar-refractivity contribution in [3.8, 4) is 0 Å². The highest BCUT2D eigenvalue weighted by Crippen LogP contribution is 2.72. The predicted octanol–water partition coefficient (Wildman–Crippen LogP) is 26.3. The molecule has 0 N–H and O–H groups in total. The first-order chi connectivity index (χ1) is 49.2. The maximum Gasteiger partial charge on any atom is 0.312 e. The first-order valence-electron chi connectivity index (χ1n) is 44.6. The van der Waals surface area contributed by atoms with E-state index in [1.165, 1.54) is 141 Å². The van der Waals surface area contributed by atoms with Gasteiger partial charge in [-0.1, -0.05) is 142 Å². The Kier molecular flexibility index (Phi) is 31.9. The minimum atomic E-state index is -0.378. The van der Waals surface area contributed by atoms with Crippen molar-refractivity contribution in [1.82, 2.24) is 0 Å². The van der Waals surface area contributed by atoms with Crippen LogP contribution in [0, 0.1) is 89.7 Å². The van der Waals surface area contributed by atoms with Crippen molar-refractivity contribution in [3.63, 3.8) is 0 Å². The van der Waals surface area contributed by atoms with E-state index in [1.54, 1.807) is 0 Å². The molecule has 10 fully saturated rings. The molecule has 107 heavy (non-hydrogen) atoms. The lowest BCUT2D eigenvalue weighted by atomic mass is 9.61. The van der Waals surface area contributed by atoms with Crippen LogP contribution in [0.2, 0.25) is 0 Å². The third-order valence-electron chi connectivity index (χ3n) is 33.2. The SMILES string of the molecule is CCC(C)(C)C(=O)OC1(C)C2(C)CCC(C2)C1(C)C.CCC(C)(C)C(=O)OC1(C)CC2CCC1(C)C2(C)C.CCC(C)(C)C(=O)OC1(C)CCCC2CCCCC21.CCC(C)(C)C(=O)OC1(C)CCCCCC1.CCC(C)(C)C(=O)OC1(CC)CC2CCC1C2.CCC1(OC(=O)C(C)(C)CC)CCCCCC1. The van der Waals surface area contributed by atoms with Crippen LogP contribution in [-0.4, -0.2) is 69.4 Å². The van der Waals surface area contributed by atoms with Crippen molar-refractivity contribution in [1.29, 1.82) is 0 Å². The summed E-state index contributed by atoms with van der Waals surface area (Å²) in [6.07, 6.45) is 42.1. The largest absolute Gasteiger partial charge is 0.459 e. The Balaban J connectivity index is 0.000000231. The fraction of sp³-hybridized carbons (Fsp3) is 0.937. The minimum absolute atomic E-state index is 0.00345. The number of carbonyl (C=O) groups is 6. The maximum atomic E-state index is 12.5. The number of fused-ring (bicyclic) bond motifs is 7. The van der Waals surface area contributed by atoms with Gasteiger partial charge in [-0.15, -0.1) is 0 Å². The number of hydrogen-bond acceptors (Lipinski definition) is 12. The molecule has 0 aromatic heterocycles. The molecule has 10 rings (SSSR count). The van der Waals surface area contributed by atoms with E-state index in [0.29, 0.717) is 23.7 Å². The maximum absolute atomic E-state index is 12.5. The van der Waals surface area contributed by atoms with Crippen molar-refractivity contribution in [2.45, 2.75) is 479 Å². The van der Waals surface area contributed by atoms with Crippen molar-refractivity contribution >= 4 is 35.8 Å². The third-order valence-corrected chi connectivity index (χ3v) is 33.2. The fourth-order valence-corrected chi connectivity index (χ4v) is 20.3. The summed E-state index contributed by atoms with van der Waals surface area (Å²) in [5.74, 6) is 4.16. The van der Waals surface area contributed by atoms with Gasteiger partial charge < -0.3 is 28.4 Å². The molecule has 0 saturated heterocycles. The quantitative estimate of drug-likeness (QED) is 0.0646. The summed E-state index contributed by atoms with van der Waals surface area (Å²) in [6, 6.07) is 0. The molecule has 0 spiro atoms. The molecule has 0 radical (unpaired) electrons. The fourth-order valence-electron chi connectivity index (χ4n) is 20.3. The molecule has 6 bridgehead atoms. The normalized spacial score (nSPS) is 32.9. The number of ether oxygens (including phenoxy) is 6. The summed E-state index contributed by atoms with van der Waals surface area (Å²) in [7, 11) is 0. The average Bonchev–Trinajstić information content (AvgIpc) is 1.54. The molecular weight excluding hydrogens is 1330 g/mol. The van der Waals surface area contributed by atoms with Crippen LogP contribution in [0.4, 0.5) is 0 Å². The highest BCUT2D eigenvalue weighted by Gasteiger charge is 2.71. The van der Waals surface area contributed by atoms with Crippen LogP contribution < -0.4 is 0 Å². The van der Waals surface area contributed by atoms with Crippen molar-refractivity contribution in [2.24, 2.45) is 89.7 Å². The van der Waals surface area contributed by atoms with Gasteiger partial charge in [-0.25, -0.2) is 0 Å². The van der Waals surface area contributed by atoms with E-state index in [-0.39, 0.29) is 124 Å². The summed E-state index contributed by atoms with van der Waals surface area (Å²) in [4.78, 5) is 74.0. The van der Waals surface area contributed by atoms with Crippen LogP contribution in [-0.2, 0) is 57.2 Å². The summed E-state index contributed by atoms with van der Waals surface area (Å²) < 4.78 is 36.0. The highest BCUT2D eigenvalue weighted by atomic mass is 16.6. The molecule has 10 aliphatic carbocycles. The lowest BCUT2D eigenvalue weighted by Gasteiger charge is -2.51. The van der Waals surface area contributed by atoms with E-state index in [2.05, 4.69) is 111 Å². The van der Waals surface area contributed by atoms with Crippen molar-refractivity contribution in [2.75, 3.05) is 0 Å². The molecule has 0 aromatic rings. The van der Waals surface area contributed by atoms with E-state index < -0.39 is 0 Å². The Morgan fingerprint density at radius 1 is 0.336 bits per heavy atom. The monoisotopic (exact) mass is 1500 g/mol. The van der Waals surface area contributed by atoms with E-state index >= 15 is 0 Å². The molecule has 12 atom stereocenters. The second-order valence-corrected chi connectivity index (χ2v) is 42.9. The number of hydrogen-bond donors (Lipinski definition) is 0. The van der Waals surface area contributed by atoms with Crippen molar-refractivity contribution in [3.05, 3.63) is 0 Å². The molecule has 622 valence electrons. The molecule has 0 aromatic carbocycles. The first-order valence-corrected chi connectivity index (χ1v) is 44.6. The molecule has 10 saturated carbocycles. The van der Waals surface area contributed by atoms with Gasteiger partial charge in [-0.2, -0.15) is 0 Å². The lowest BCUT2D eigenvalue weighted by molar-refractivity contribution is -0.202. The van der Waals surface area contributed by atoms with Crippen molar-refractivity contribution < 1.29 is 57.2 Å². The summed E-state index contributed by atoms with van der Waals surface area (Å²) in [5.41, 5.74) is -2.78. The zero-order valence-electron chi connectivity index (χ0n) is 75.5. The van der Waals surface area contributed by atoms with Gasteiger partial charge in [0.1, 0.15) is 33.6 Å². The molecule has 12 nitrogen and oxygen atoms in total. The standard InChI is InChI=1S/3C17H30O2.C15H26O2.C15H28O2.C14H26O2/c1-8-14(2,3)13(18)19-17(7)11-12-9-10-16(17,6)15(12,4)5;1-8-14(2,3)13(18)19-17(7)15(4,5)12-9-10-16(17,6)11-12;1-5-16(2,3)15(18)19-17(4)12-8-10-13-9-6-7-11-14(13)17;1-5-14(3,4)13(16)17-15(6-2)10-11-7-8-12(15)9-11;1-5-14(3,4)13(16)17-15(6-2)11-9-7-8-10-12-15;1-5-13(2,3)12(15)16-14(4)10-8-6-7-9-11-14/h2*12H,8-11H2,1-7H3;13-14H,5-12H2,1-4H3;11-12H,5-10H2,1-4H3;5-12H2,1-4H3;5-11H2,1-4H3. The number of carbonyl (C=O) groups excluding carboxylic acids is 6. The second-order valence-electron chi connectivity index (χ2n) is 42.9. The van der Waals surface area contributed by atoms with Crippen LogP contribution in [0.25, 0.3) is 0 Å². The lowest BCUT2D eigenvalue weighted by Crippen LogP contribution is -2.55. The van der Waals surface area contributed by atoms with Gasteiger partial charge in [-0.3, -0.25) is 28.8 Å². The smallest absolute Gasteiger partial charge is 0.312 e. The molecule has 12 heteroatoms. The van der Waals surface area contributed by atoms with Crippen LogP contribution in [0.5, 0.6) is 0 Å². The highest BCUT2D eigenvalue weighted by molar-refractivity contribution is 5.79. The van der Waals surface area contributed by atoms with Gasteiger partial charge in [0.25, 0.3) is 0 Å². The van der Waals surface area contributed by atoms with Gasteiger partial charge in [0.15, 0.2) is 0 Å². The Labute approximate surface area is 658 Å². The van der Waals surface area contributed by atoms with Crippen LogP contribution in [0.3, 0.4) is 0 Å².